The van der Waals surface area contributed by atoms with Crippen molar-refractivity contribution in [3.05, 3.63) is 34.6 Å². The van der Waals surface area contributed by atoms with Gasteiger partial charge in [-0.1, -0.05) is 41.5 Å². The minimum Gasteiger partial charge on any atom is -0.534 e. The van der Waals surface area contributed by atoms with E-state index in [2.05, 4.69) is 155 Å². The zero-order valence-electron chi connectivity index (χ0n) is 73.1. The number of alkyl halides is 3. The van der Waals surface area contributed by atoms with E-state index in [1.165, 1.54) is 0 Å². The van der Waals surface area contributed by atoms with Gasteiger partial charge in [0.05, 0.1) is 74.8 Å². The van der Waals surface area contributed by atoms with E-state index in [1.807, 2.05) is 55.4 Å². The van der Waals surface area contributed by atoms with Crippen molar-refractivity contribution in [1.82, 2.24) is 0 Å². The first kappa shape index (κ1) is 113. The molecule has 3 atom stereocenters. The predicted octanol–water partition coefficient (Wildman–Crippen LogP) is 13.9. The summed E-state index contributed by atoms with van der Waals surface area (Å²) in [6.45, 7) is 74.1. The van der Waals surface area contributed by atoms with Crippen LogP contribution in [0, 0.1) is 22.7 Å². The van der Waals surface area contributed by atoms with E-state index in [9.17, 15) is 45.6 Å². The van der Waals surface area contributed by atoms with Crippen molar-refractivity contribution < 1.29 is 176 Å². The monoisotopic (exact) mass is 1800 g/mol. The molecule has 0 spiro atoms. The van der Waals surface area contributed by atoms with Crippen molar-refractivity contribution in [2.24, 2.45) is 22.7 Å². The van der Waals surface area contributed by atoms with Gasteiger partial charge in [0.2, 0.25) is 0 Å². The molecule has 1 aromatic carbocycles. The van der Waals surface area contributed by atoms with E-state index in [0.717, 1.165) is 62.6 Å². The third-order valence-corrected chi connectivity index (χ3v) is 57.7. The molecule has 2 rings (SSSR count). The Morgan fingerprint density at radius 3 is 1.14 bits per heavy atom. The molecule has 3 unspecified atom stereocenters. The Bertz CT molecular complexity index is 2980. The summed E-state index contributed by atoms with van der Waals surface area (Å²) in [4.78, 5) is 58.1. The van der Waals surface area contributed by atoms with Gasteiger partial charge in [-0.2, -0.15) is 13.2 Å². The second-order valence-electron chi connectivity index (χ2n) is 33.2. The summed E-state index contributed by atoms with van der Waals surface area (Å²) in [5, 5.41) is 0. The van der Waals surface area contributed by atoms with Gasteiger partial charge in [0, 0.05) is 12.2 Å². The van der Waals surface area contributed by atoms with E-state index in [-0.39, 0.29) is 93.0 Å². The molecule has 1 aliphatic heterocycles. The molecule has 1 saturated heterocycles. The Morgan fingerprint density at radius 2 is 0.807 bits per heavy atom. The zero-order chi connectivity index (χ0) is 84.9. The minimum absolute atomic E-state index is 0. The molecular weight excluding hydrogens is 1660 g/mol. The maximum Gasteiger partial charge on any atom is 1.00 e. The fourth-order valence-electron chi connectivity index (χ4n) is 10.4. The number of ether oxygens (including phenoxy) is 8. The number of carbonyl (C=O) groups is 5. The van der Waals surface area contributed by atoms with E-state index in [4.69, 9.17) is 79.0 Å². The molecule has 1 aromatic rings. The summed E-state index contributed by atoms with van der Waals surface area (Å²) in [5.41, 5.74) is -7.23. The van der Waals surface area contributed by atoms with Crippen molar-refractivity contribution >= 4 is 133 Å². The Kier molecular flexibility index (Phi) is 50.5. The smallest absolute Gasteiger partial charge is 0.534 e. The number of benzene rings is 1. The van der Waals surface area contributed by atoms with Gasteiger partial charge >= 0.3 is 158 Å². The second kappa shape index (κ2) is 48.7. The van der Waals surface area contributed by atoms with E-state index < -0.39 is 137 Å². The fraction of sp³-hybridized carbons (Fsp3) is 0.836. The number of hydrogen-bond acceptors (Lipinski definition) is 25. The minimum atomic E-state index is -5.91. The van der Waals surface area contributed by atoms with Crippen LogP contribution in [0.1, 0.15) is 119 Å². The molecule has 0 radical (unpaired) electrons. The number of epoxide rings is 1. The Morgan fingerprint density at radius 1 is 0.477 bits per heavy atom. The van der Waals surface area contributed by atoms with Crippen molar-refractivity contribution in [2.45, 2.75) is 277 Å². The summed E-state index contributed by atoms with van der Waals surface area (Å²) in [6, 6.07) is 5.22. The molecule has 42 heteroatoms. The fourth-order valence-corrected chi connectivity index (χ4v) is 66.2. The standard InChI is InChI=1S/C32H86O12Si11.C14H16F3NO5S.C11H22O4.C10H18O4.K/c1-27-32(2,3)31(33)34-29-28-30-46(7,8)36-48(11,12)38-50(15,16)40-52(19,20)42-54(23,24)44-55(25,26)43-53(21,22)41-51(17,18)39-49(13,14)37-47(9,10)35-45(4,5)6;1-4-13(2,3)12(20)23-10-7-5-9(6-8-10)11(19)18-24(21,22)14(15,16)17;1-4-10(3)11(12)15-9-8-14-7-6-13-5-2;1-3-8(2)10(11)13-5-4-12-6-9-7-14-9;/h27-30H2,1-26H3;5-8H,4H2,1-3H3,(H,18,19);10H,4-9H2,1-3H3;8-9H,3-7H2,1-2H3;/q;;;;+1/p-1. The number of nitrogens with zero attached hydrogens (tertiary/aromatic N) is 1. The summed E-state index contributed by atoms with van der Waals surface area (Å²) < 4.78 is 169. The number of hydrogen-bond donors (Lipinski definition) is 0. The number of esters is 4. The van der Waals surface area contributed by atoms with Gasteiger partial charge in [-0.15, -0.1) is 0 Å². The number of rotatable bonds is 47. The summed E-state index contributed by atoms with van der Waals surface area (Å²) >= 11 is 0. The summed E-state index contributed by atoms with van der Waals surface area (Å²) in [5.74, 6) is -2.49. The molecule has 0 aliphatic carbocycles. The van der Waals surface area contributed by atoms with Crippen LogP contribution in [0.4, 0.5) is 13.2 Å². The van der Waals surface area contributed by atoms with Crippen molar-refractivity contribution in [2.75, 3.05) is 66.1 Å². The van der Waals surface area contributed by atoms with Gasteiger partial charge in [0.15, 0.2) is 26.7 Å². The molecule has 0 aromatic heterocycles. The van der Waals surface area contributed by atoms with Crippen LogP contribution in [0.2, 0.25) is 157 Å². The summed E-state index contributed by atoms with van der Waals surface area (Å²) in [7, 11) is -33.5. The van der Waals surface area contributed by atoms with Crippen LogP contribution in [-0.4, -0.2) is 210 Å². The van der Waals surface area contributed by atoms with Crippen molar-refractivity contribution in [1.29, 1.82) is 0 Å². The van der Waals surface area contributed by atoms with Gasteiger partial charge in [0.1, 0.15) is 25.1 Å². The van der Waals surface area contributed by atoms with Crippen LogP contribution in [0.5, 0.6) is 5.75 Å². The van der Waals surface area contributed by atoms with Crippen LogP contribution in [-0.2, 0) is 104 Å². The molecule has 1 fully saturated rings. The van der Waals surface area contributed by atoms with Crippen LogP contribution < -0.4 is 56.1 Å². The van der Waals surface area contributed by atoms with Crippen LogP contribution in [0.3, 0.4) is 0 Å². The van der Waals surface area contributed by atoms with Gasteiger partial charge in [-0.25, -0.2) is 8.42 Å². The largest absolute Gasteiger partial charge is 1.00 e. The first-order chi connectivity index (χ1) is 48.5. The maximum atomic E-state index is 12.4. The Hall–Kier alpha value is -0.228. The van der Waals surface area contributed by atoms with Gasteiger partial charge in [0.25, 0.3) is 0 Å². The van der Waals surface area contributed by atoms with Crippen molar-refractivity contribution in [3.8, 4) is 5.75 Å². The third-order valence-electron chi connectivity index (χ3n) is 15.1. The SMILES string of the molecule is CCC(C)(C)C(=O)OCCC[Si](C)(C)O[Si](C)(C)O[Si](C)(C)O[Si](C)(C)O[Si](C)(C)O[Si](C)(C)O[Si](C)(C)O[Si](C)(C)O[Si](C)(C)O[Si](C)(C)O[Si](C)(C)C.CCC(C)(C)C(=O)Oc1ccc(C(=O)[N-]S(=O)(=O)C(F)(F)F)cc1.CCC(C)C(=O)OCCOCC1CO1.CCOCCOCCOC(=O)C(C)CC.[K+]. The van der Waals surface area contributed by atoms with Crippen molar-refractivity contribution in [3.63, 3.8) is 0 Å². The van der Waals surface area contributed by atoms with E-state index in [1.54, 1.807) is 20.8 Å². The molecule has 636 valence electrons. The molecule has 1 heterocycles. The average molecular weight is 1800 g/mol. The molecule has 1 amide bonds. The quantitative estimate of drug-likeness (QED) is 0.0146. The normalized spacial score (nSPS) is 15.1. The van der Waals surface area contributed by atoms with E-state index in [0.29, 0.717) is 65.9 Å². The second-order valence-corrected chi connectivity index (χ2v) is 76.4. The Balaban J connectivity index is -0.00000167. The van der Waals surface area contributed by atoms with E-state index >= 15 is 0 Å². The average Bonchev–Trinajstić information content (AvgIpc) is 1.59. The predicted molar refractivity (Wildman–Crippen MR) is 441 cm³/mol. The molecular formula is C67H141F3KNO25SSi11. The van der Waals surface area contributed by atoms with Crippen LogP contribution in [0.15, 0.2) is 24.3 Å². The molecule has 1 aliphatic rings. The Labute approximate surface area is 708 Å². The first-order valence-electron chi connectivity index (χ1n) is 37.3. The topological polar surface area (TPSA) is 303 Å². The molecule has 109 heavy (non-hydrogen) atoms. The zero-order valence-corrected chi connectivity index (χ0v) is 88.0. The maximum absolute atomic E-state index is 12.4. The molecule has 26 nitrogen and oxygen atoms in total. The number of halogens is 3. The first-order valence-corrected chi connectivity index (χ1v) is 70.6. The molecule has 0 N–H and O–H groups in total. The van der Waals surface area contributed by atoms with Crippen LogP contribution >= 0.6 is 0 Å². The number of sulfonamides is 1. The number of carbonyl (C=O) groups excluding carboxylic acids is 5. The van der Waals surface area contributed by atoms with Gasteiger partial charge < -0.3 is 88.6 Å². The third kappa shape index (κ3) is 53.8. The van der Waals surface area contributed by atoms with Gasteiger partial charge in [-0.05, 0) is 248 Å². The number of amides is 1. The van der Waals surface area contributed by atoms with Gasteiger partial charge in [-0.3, -0.25) is 19.2 Å². The molecule has 0 bridgehead atoms. The molecule has 0 saturated carbocycles. The summed E-state index contributed by atoms with van der Waals surface area (Å²) in [6.07, 6.45) is 3.94. The van der Waals surface area contributed by atoms with Crippen LogP contribution in [0.25, 0.3) is 4.72 Å².